The predicted molar refractivity (Wildman–Crippen MR) is 111 cm³/mol. The van der Waals surface area contributed by atoms with Crippen LogP contribution in [0.25, 0.3) is 16.7 Å². The number of carbonyl (C=O) groups excluding carboxylic acids is 1. The van der Waals surface area contributed by atoms with Crippen LogP contribution in [0, 0.1) is 12.3 Å². The zero-order chi connectivity index (χ0) is 21.1. The van der Waals surface area contributed by atoms with Gasteiger partial charge in [0.25, 0.3) is 11.5 Å². The molecule has 0 bridgehead atoms. The van der Waals surface area contributed by atoms with Crippen molar-refractivity contribution in [2.75, 3.05) is 20.3 Å². The van der Waals surface area contributed by atoms with Gasteiger partial charge in [0.1, 0.15) is 16.8 Å². The van der Waals surface area contributed by atoms with Crippen LogP contribution >= 0.6 is 0 Å². The fraction of sp³-hybridized carbons (Fsp3) is 0.429. The molecule has 0 aliphatic rings. The Bertz CT molecular complexity index is 1180. The lowest BCUT2D eigenvalue weighted by Crippen LogP contribution is -2.36. The summed E-state index contributed by atoms with van der Waals surface area (Å²) in [6.45, 7) is 6.82. The topological polar surface area (TPSA) is 101 Å². The zero-order valence-corrected chi connectivity index (χ0v) is 17.3. The van der Waals surface area contributed by atoms with Crippen molar-refractivity contribution >= 4 is 22.6 Å². The third-order valence-electron chi connectivity index (χ3n) is 5.16. The molecule has 0 aromatic carbocycles. The molecule has 0 spiro atoms. The second kappa shape index (κ2) is 8.57. The van der Waals surface area contributed by atoms with Gasteiger partial charge in [-0.25, -0.2) is 4.98 Å². The molecule has 8 nitrogen and oxygen atoms in total. The first-order valence-corrected chi connectivity index (χ1v) is 9.79. The standard InChI is InChI=1S/C21H27N5O3/c1-5-14(3)26-17(22)15(20(27)23-9-7-11-29-4)12-16-19(26)24-18-13(2)8-6-10-25(18)21(16)28/h6,8,10,12,14,22H,5,7,9,11H2,1-4H3,(H,23,27)/t14-/m0/s1. The molecule has 3 aromatic heterocycles. The van der Waals surface area contributed by atoms with Crippen LogP contribution in [-0.4, -0.2) is 40.1 Å². The van der Waals surface area contributed by atoms with Gasteiger partial charge in [-0.3, -0.25) is 19.4 Å². The third-order valence-corrected chi connectivity index (χ3v) is 5.16. The zero-order valence-electron chi connectivity index (χ0n) is 17.3. The first-order valence-electron chi connectivity index (χ1n) is 9.79. The molecule has 0 aliphatic heterocycles. The van der Waals surface area contributed by atoms with E-state index >= 15 is 0 Å². The van der Waals surface area contributed by atoms with Crippen LogP contribution < -0.4 is 16.4 Å². The van der Waals surface area contributed by atoms with Crippen molar-refractivity contribution in [1.29, 1.82) is 5.41 Å². The van der Waals surface area contributed by atoms with E-state index in [1.165, 1.54) is 10.5 Å². The minimum Gasteiger partial charge on any atom is -0.385 e. The minimum atomic E-state index is -0.376. The number of aromatic nitrogens is 3. The fourth-order valence-electron chi connectivity index (χ4n) is 3.36. The Morgan fingerprint density at radius 2 is 2.14 bits per heavy atom. The fourth-order valence-corrected chi connectivity index (χ4v) is 3.36. The molecule has 0 radical (unpaired) electrons. The van der Waals surface area contributed by atoms with Crippen LogP contribution in [0.4, 0.5) is 0 Å². The number of fused-ring (bicyclic) bond motifs is 2. The normalized spacial score (nSPS) is 12.4. The maximum atomic E-state index is 13.2. The maximum Gasteiger partial charge on any atom is 0.267 e. The summed E-state index contributed by atoms with van der Waals surface area (Å²) in [7, 11) is 1.61. The van der Waals surface area contributed by atoms with E-state index in [4.69, 9.17) is 15.1 Å². The SMILES string of the molecule is CC[C@H](C)n1c(=N)c(C(=O)NCCCOC)cc2c(=O)n3cccc(C)c3nc21. The molecular formula is C21H27N5O3. The third kappa shape index (κ3) is 3.80. The van der Waals surface area contributed by atoms with Gasteiger partial charge < -0.3 is 14.6 Å². The largest absolute Gasteiger partial charge is 0.385 e. The van der Waals surface area contributed by atoms with Crippen LogP contribution in [-0.2, 0) is 4.74 Å². The van der Waals surface area contributed by atoms with Crippen LogP contribution in [0.2, 0.25) is 0 Å². The van der Waals surface area contributed by atoms with E-state index in [1.807, 2.05) is 26.8 Å². The van der Waals surface area contributed by atoms with Crippen molar-refractivity contribution in [1.82, 2.24) is 19.3 Å². The van der Waals surface area contributed by atoms with Gasteiger partial charge in [0.2, 0.25) is 0 Å². The number of rotatable bonds is 7. The number of carbonyl (C=O) groups is 1. The van der Waals surface area contributed by atoms with Gasteiger partial charge in [0.15, 0.2) is 0 Å². The van der Waals surface area contributed by atoms with Crippen LogP contribution in [0.5, 0.6) is 0 Å². The number of nitrogens with zero attached hydrogens (tertiary/aromatic N) is 3. The molecule has 29 heavy (non-hydrogen) atoms. The van der Waals surface area contributed by atoms with Crippen molar-refractivity contribution in [3.63, 3.8) is 0 Å². The number of hydrogen-bond donors (Lipinski definition) is 2. The molecule has 3 aromatic rings. The molecule has 8 heteroatoms. The van der Waals surface area contributed by atoms with Crippen LogP contribution in [0.1, 0.15) is 48.7 Å². The molecule has 1 atom stereocenters. The van der Waals surface area contributed by atoms with E-state index in [0.29, 0.717) is 36.3 Å². The smallest absolute Gasteiger partial charge is 0.267 e. The highest BCUT2D eigenvalue weighted by Gasteiger charge is 2.19. The van der Waals surface area contributed by atoms with Crippen molar-refractivity contribution in [2.24, 2.45) is 0 Å². The highest BCUT2D eigenvalue weighted by Crippen LogP contribution is 2.17. The Hall–Kier alpha value is -3.00. The number of amides is 1. The van der Waals surface area contributed by atoms with E-state index in [1.54, 1.807) is 23.9 Å². The van der Waals surface area contributed by atoms with Gasteiger partial charge in [-0.1, -0.05) is 13.0 Å². The summed E-state index contributed by atoms with van der Waals surface area (Å²) in [6.07, 6.45) is 3.08. The van der Waals surface area contributed by atoms with E-state index < -0.39 is 0 Å². The average Bonchev–Trinajstić information content (AvgIpc) is 2.71. The van der Waals surface area contributed by atoms with E-state index in [9.17, 15) is 9.59 Å². The first kappa shape index (κ1) is 20.7. The molecule has 2 N–H and O–H groups in total. The quantitative estimate of drug-likeness (QED) is 0.471. The summed E-state index contributed by atoms with van der Waals surface area (Å²) in [5.74, 6) is -0.376. The lowest BCUT2D eigenvalue weighted by Gasteiger charge is -2.19. The molecule has 3 rings (SSSR count). The summed E-state index contributed by atoms with van der Waals surface area (Å²) in [6, 6.07) is 5.09. The Morgan fingerprint density at radius 1 is 1.38 bits per heavy atom. The van der Waals surface area contributed by atoms with Crippen LogP contribution in [0.15, 0.2) is 29.2 Å². The molecule has 0 unspecified atom stereocenters. The maximum absolute atomic E-state index is 13.2. The number of ether oxygens (including phenoxy) is 1. The summed E-state index contributed by atoms with van der Waals surface area (Å²) in [5, 5.41) is 11.8. The average molecular weight is 397 g/mol. The Labute approximate surface area is 168 Å². The monoisotopic (exact) mass is 397 g/mol. The molecule has 0 saturated heterocycles. The van der Waals surface area contributed by atoms with Crippen molar-refractivity contribution in [2.45, 2.75) is 39.7 Å². The second-order valence-electron chi connectivity index (χ2n) is 7.18. The second-order valence-corrected chi connectivity index (χ2v) is 7.18. The van der Waals surface area contributed by atoms with Gasteiger partial charge in [-0.05, 0) is 44.4 Å². The van der Waals surface area contributed by atoms with Gasteiger partial charge >= 0.3 is 0 Å². The summed E-state index contributed by atoms with van der Waals surface area (Å²) in [5.41, 5.74) is 1.83. The number of nitrogens with one attached hydrogen (secondary N) is 2. The van der Waals surface area contributed by atoms with Gasteiger partial charge in [0, 0.05) is 32.5 Å². The van der Waals surface area contributed by atoms with Gasteiger partial charge in [-0.15, -0.1) is 0 Å². The Balaban J connectivity index is 2.27. The molecular weight excluding hydrogens is 370 g/mol. The van der Waals surface area contributed by atoms with Crippen molar-refractivity contribution in [3.05, 3.63) is 51.4 Å². The number of methoxy groups -OCH3 is 1. The highest BCUT2D eigenvalue weighted by molar-refractivity contribution is 5.96. The van der Waals surface area contributed by atoms with E-state index in [-0.39, 0.29) is 28.6 Å². The van der Waals surface area contributed by atoms with Gasteiger partial charge in [-0.2, -0.15) is 0 Å². The number of aryl methyl sites for hydroxylation is 1. The Kier molecular flexibility index (Phi) is 6.12. The molecule has 0 aliphatic carbocycles. The van der Waals surface area contributed by atoms with Crippen molar-refractivity contribution < 1.29 is 9.53 Å². The molecule has 0 fully saturated rings. The predicted octanol–water partition coefficient (Wildman–Crippen LogP) is 2.17. The van der Waals surface area contributed by atoms with Gasteiger partial charge in [0.05, 0.1) is 10.9 Å². The molecule has 0 saturated carbocycles. The lowest BCUT2D eigenvalue weighted by molar-refractivity contribution is 0.0946. The molecule has 3 heterocycles. The van der Waals surface area contributed by atoms with Crippen molar-refractivity contribution in [3.8, 4) is 0 Å². The summed E-state index contributed by atoms with van der Waals surface area (Å²) >= 11 is 0. The number of pyridine rings is 2. The first-order chi connectivity index (χ1) is 13.9. The highest BCUT2D eigenvalue weighted by atomic mass is 16.5. The number of hydrogen-bond acceptors (Lipinski definition) is 5. The van der Waals surface area contributed by atoms with E-state index in [0.717, 1.165) is 12.0 Å². The Morgan fingerprint density at radius 3 is 2.83 bits per heavy atom. The lowest BCUT2D eigenvalue weighted by atomic mass is 10.1. The summed E-state index contributed by atoms with van der Waals surface area (Å²) in [4.78, 5) is 30.7. The van der Waals surface area contributed by atoms with E-state index in [2.05, 4.69) is 5.32 Å². The summed E-state index contributed by atoms with van der Waals surface area (Å²) < 4.78 is 8.17. The van der Waals surface area contributed by atoms with Crippen LogP contribution in [0.3, 0.4) is 0 Å². The minimum absolute atomic E-state index is 0.0564. The molecule has 154 valence electrons. The molecule has 1 amide bonds.